The van der Waals surface area contributed by atoms with Crippen molar-refractivity contribution in [3.63, 3.8) is 0 Å². The van der Waals surface area contributed by atoms with Crippen molar-refractivity contribution >= 4 is 26.9 Å². The molecule has 0 aromatic carbocycles. The number of carbonyl (C=O) groups excluding carboxylic acids is 2. The lowest BCUT2D eigenvalue weighted by Gasteiger charge is -2.34. The molecule has 0 spiro atoms. The van der Waals surface area contributed by atoms with Crippen LogP contribution in [0.3, 0.4) is 0 Å². The predicted molar refractivity (Wildman–Crippen MR) is 114 cm³/mol. The van der Waals surface area contributed by atoms with Crippen LogP contribution in [0.15, 0.2) is 24.7 Å². The lowest BCUT2D eigenvalue weighted by Crippen LogP contribution is -2.49. The normalized spacial score (nSPS) is 27.4. The fourth-order valence-corrected chi connectivity index (χ4v) is 2.72. The molecule has 182 valence electrons. The quantitative estimate of drug-likeness (QED) is 0.147. The summed E-state index contributed by atoms with van der Waals surface area (Å²) in [6.07, 6.45) is -3.89. The minimum Gasteiger partial charge on any atom is -0.429 e. The van der Waals surface area contributed by atoms with Crippen molar-refractivity contribution in [1.29, 1.82) is 0 Å². The van der Waals surface area contributed by atoms with E-state index in [4.69, 9.17) is 42.9 Å². The monoisotopic (exact) mass is 468 g/mol. The zero-order valence-electron chi connectivity index (χ0n) is 20.2. The van der Waals surface area contributed by atoms with Crippen LogP contribution in [0, 0.1) is 0 Å². The van der Waals surface area contributed by atoms with Crippen LogP contribution in [0.4, 0.5) is 9.59 Å². The summed E-state index contributed by atoms with van der Waals surface area (Å²) in [5.74, 6) is -1.22. The highest BCUT2D eigenvalue weighted by Crippen LogP contribution is 2.32. The fourth-order valence-electron chi connectivity index (χ4n) is 2.72. The van der Waals surface area contributed by atoms with Gasteiger partial charge in [0, 0.05) is 7.11 Å². The van der Waals surface area contributed by atoms with E-state index in [2.05, 4.69) is 13.2 Å². The van der Waals surface area contributed by atoms with Gasteiger partial charge in [-0.1, -0.05) is 13.2 Å². The van der Waals surface area contributed by atoms with E-state index in [0.29, 0.717) is 0 Å². The number of carbonyl (C=O) groups is 2. The van der Waals surface area contributed by atoms with Gasteiger partial charge in [-0.2, -0.15) is 4.89 Å². The maximum atomic E-state index is 11.5. The van der Waals surface area contributed by atoms with Crippen LogP contribution in [-0.2, 0) is 42.9 Å². The van der Waals surface area contributed by atoms with Gasteiger partial charge in [0.25, 0.3) is 14.6 Å². The van der Waals surface area contributed by atoms with Gasteiger partial charge in [0.05, 0.1) is 5.60 Å². The summed E-state index contributed by atoms with van der Waals surface area (Å²) in [4.78, 5) is 33.9. The van der Waals surface area contributed by atoms with Crippen molar-refractivity contribution in [3.8, 4) is 0 Å². The zero-order chi connectivity index (χ0) is 25.2. The van der Waals surface area contributed by atoms with Crippen LogP contribution in [0.5, 0.6) is 0 Å². The van der Waals surface area contributed by atoms with E-state index in [1.54, 1.807) is 27.7 Å². The Morgan fingerprint density at radius 1 is 0.848 bits per heavy atom. The molecule has 0 bridgehead atoms. The third-order valence-electron chi connectivity index (χ3n) is 4.46. The highest BCUT2D eigenvalue weighted by Gasteiger charge is 2.48. The number of rotatable bonds is 11. The number of hydrogen-bond donors (Lipinski definition) is 0. The van der Waals surface area contributed by atoms with E-state index in [9.17, 15) is 9.59 Å². The van der Waals surface area contributed by atoms with E-state index < -0.39 is 47.1 Å². The van der Waals surface area contributed by atoms with E-state index in [-0.39, 0.29) is 11.5 Å². The molecule has 2 rings (SSSR count). The molecule has 0 aromatic rings. The van der Waals surface area contributed by atoms with E-state index in [1.165, 1.54) is 21.7 Å². The molecule has 33 heavy (non-hydrogen) atoms. The maximum Gasteiger partial charge on any atom is 0.513 e. The first-order valence-electron chi connectivity index (χ1n) is 10.1. The third kappa shape index (κ3) is 7.47. The van der Waals surface area contributed by atoms with Gasteiger partial charge in [-0.25, -0.2) is 14.5 Å². The summed E-state index contributed by atoms with van der Waals surface area (Å²) in [6.45, 7) is 19.0. The second kappa shape index (κ2) is 9.67. The molecule has 0 amide bonds. The van der Waals surface area contributed by atoms with Crippen LogP contribution in [-0.4, -0.2) is 68.7 Å². The van der Waals surface area contributed by atoms with Crippen LogP contribution in [0.25, 0.3) is 0 Å². The van der Waals surface area contributed by atoms with E-state index in [1.807, 2.05) is 20.8 Å². The average Bonchev–Trinajstić information content (AvgIpc) is 3.03. The Hall–Kier alpha value is -2.05. The molecule has 2 saturated heterocycles. The lowest BCUT2D eigenvalue weighted by atomic mass is 9.59. The van der Waals surface area contributed by atoms with E-state index >= 15 is 0 Å². The van der Waals surface area contributed by atoms with Gasteiger partial charge in [-0.3, -0.25) is 0 Å². The molecule has 2 aliphatic heterocycles. The molecule has 11 nitrogen and oxygen atoms in total. The van der Waals surface area contributed by atoms with Crippen LogP contribution in [0.1, 0.15) is 48.5 Å². The smallest absolute Gasteiger partial charge is 0.429 e. The van der Waals surface area contributed by atoms with Crippen molar-refractivity contribution in [2.24, 2.45) is 0 Å². The molecule has 2 aliphatic rings. The molecule has 4 atom stereocenters. The summed E-state index contributed by atoms with van der Waals surface area (Å²) in [6, 6.07) is 0. The van der Waals surface area contributed by atoms with Crippen molar-refractivity contribution < 1.29 is 52.5 Å². The fraction of sp³-hybridized carbons (Fsp3) is 0.700. The predicted octanol–water partition coefficient (Wildman–Crippen LogP) is 2.92. The SMILES string of the molecule is C=C1OC(=O)OC1(C)[B]C(OOC(C)(C)OC([B]C1(C)OC(=O)OC1=C)OC)OC(C)(C)C. The van der Waals surface area contributed by atoms with Crippen LogP contribution in [0.2, 0.25) is 0 Å². The Kier molecular flexibility index (Phi) is 7.97. The Morgan fingerprint density at radius 3 is 1.67 bits per heavy atom. The first-order valence-corrected chi connectivity index (χ1v) is 10.1. The molecule has 2 heterocycles. The molecule has 0 aliphatic carbocycles. The van der Waals surface area contributed by atoms with Gasteiger partial charge in [0.1, 0.15) is 28.7 Å². The molecule has 2 fully saturated rings. The molecule has 4 unspecified atom stereocenters. The van der Waals surface area contributed by atoms with Gasteiger partial charge in [-0.05, 0) is 48.5 Å². The highest BCUT2D eigenvalue weighted by atomic mass is 17.3. The summed E-state index contributed by atoms with van der Waals surface area (Å²) < 4.78 is 37.0. The summed E-state index contributed by atoms with van der Waals surface area (Å²) in [5.41, 5.74) is -3.21. The Balaban J connectivity index is 2.03. The van der Waals surface area contributed by atoms with Gasteiger partial charge in [0.2, 0.25) is 0 Å². The molecule has 2 radical (unpaired) electrons. The Labute approximate surface area is 195 Å². The summed E-state index contributed by atoms with van der Waals surface area (Å²) in [5, 5.41) is 0. The molecule has 13 heteroatoms. The third-order valence-corrected chi connectivity index (χ3v) is 4.46. The second-order valence-electron chi connectivity index (χ2n) is 9.20. The number of ether oxygens (including phenoxy) is 7. The van der Waals surface area contributed by atoms with Crippen molar-refractivity contribution in [3.05, 3.63) is 24.7 Å². The van der Waals surface area contributed by atoms with E-state index in [0.717, 1.165) is 0 Å². The van der Waals surface area contributed by atoms with Gasteiger partial charge >= 0.3 is 12.3 Å². The standard InChI is InChI=1S/C20H30B2O11/c1-11-19(8,30-15(23)26-11)21-13(25-10)29-18(6,7)33-32-14(28-17(3,4)5)22-20(9)12(2)27-16(24)31-20/h13-14H,1-2H2,3-10H3. The second-order valence-corrected chi connectivity index (χ2v) is 9.20. The number of hydrogen-bond acceptors (Lipinski definition) is 11. The van der Waals surface area contributed by atoms with Crippen LogP contribution < -0.4 is 0 Å². The van der Waals surface area contributed by atoms with Gasteiger partial charge < -0.3 is 33.2 Å². The van der Waals surface area contributed by atoms with Gasteiger partial charge in [-0.15, -0.1) is 0 Å². The Bertz CT molecular complexity index is 793. The number of methoxy groups -OCH3 is 1. The first-order chi connectivity index (χ1) is 15.0. The summed E-state index contributed by atoms with van der Waals surface area (Å²) in [7, 11) is 4.27. The largest absolute Gasteiger partial charge is 0.513 e. The Morgan fingerprint density at radius 2 is 1.30 bits per heavy atom. The zero-order valence-corrected chi connectivity index (χ0v) is 20.2. The highest BCUT2D eigenvalue weighted by molar-refractivity contribution is 6.42. The molecule has 0 N–H and O–H groups in total. The minimum absolute atomic E-state index is 0.0740. The molecular formula is C20H30B2O11. The summed E-state index contributed by atoms with van der Waals surface area (Å²) >= 11 is 0. The minimum atomic E-state index is -1.38. The maximum absolute atomic E-state index is 11.5. The molecule has 0 aromatic heterocycles. The molecular weight excluding hydrogens is 438 g/mol. The van der Waals surface area contributed by atoms with Crippen molar-refractivity contribution in [1.82, 2.24) is 0 Å². The first kappa shape index (κ1) is 27.2. The average molecular weight is 468 g/mol. The molecule has 0 saturated carbocycles. The topological polar surface area (TPSA) is 117 Å². The van der Waals surface area contributed by atoms with Crippen LogP contribution >= 0.6 is 0 Å². The number of cyclic esters (lactones) is 4. The van der Waals surface area contributed by atoms with Gasteiger partial charge in [0.15, 0.2) is 12.0 Å². The lowest BCUT2D eigenvalue weighted by molar-refractivity contribution is -0.464. The van der Waals surface area contributed by atoms with Crippen molar-refractivity contribution in [2.45, 2.75) is 83.2 Å². The van der Waals surface area contributed by atoms with Crippen molar-refractivity contribution in [2.75, 3.05) is 7.11 Å².